The Morgan fingerprint density at radius 1 is 1.77 bits per heavy atom. The number of likely N-dealkylation sites (tertiary alicyclic amines) is 1. The summed E-state index contributed by atoms with van der Waals surface area (Å²) in [6, 6.07) is 2.40. The number of nitrogens with zero attached hydrogens (tertiary/aromatic N) is 2. The van der Waals surface area contributed by atoms with Crippen LogP contribution in [-0.2, 0) is 0 Å². The van der Waals surface area contributed by atoms with E-state index in [0.717, 1.165) is 37.0 Å². The van der Waals surface area contributed by atoms with Gasteiger partial charge in [0.15, 0.2) is 0 Å². The van der Waals surface area contributed by atoms with Gasteiger partial charge in [0, 0.05) is 17.6 Å². The summed E-state index contributed by atoms with van der Waals surface area (Å²) in [4.78, 5) is 2.28. The van der Waals surface area contributed by atoms with Crippen LogP contribution >= 0.6 is 15.9 Å². The van der Waals surface area contributed by atoms with Gasteiger partial charge in [-0.15, -0.1) is 0 Å². The van der Waals surface area contributed by atoms with Crippen molar-refractivity contribution in [1.29, 1.82) is 5.26 Å². The molecule has 13 heavy (non-hydrogen) atoms. The van der Waals surface area contributed by atoms with Crippen molar-refractivity contribution < 1.29 is 0 Å². The molecule has 0 bridgehead atoms. The third kappa shape index (κ3) is 3.13. The normalized spacial score (nSPS) is 29.6. The van der Waals surface area contributed by atoms with E-state index < -0.39 is 0 Å². The summed E-state index contributed by atoms with van der Waals surface area (Å²) >= 11 is 3.35. The fourth-order valence-electron chi connectivity index (χ4n) is 1.81. The zero-order chi connectivity index (χ0) is 9.90. The first-order valence-electron chi connectivity index (χ1n) is 4.53. The maximum Gasteiger partial charge on any atom is 0.0700 e. The maximum absolute atomic E-state index is 8.99. The van der Waals surface area contributed by atoms with E-state index in [2.05, 4.69) is 33.5 Å². The molecular formula is C10H15BrN2. The van der Waals surface area contributed by atoms with E-state index in [1.165, 1.54) is 0 Å². The average molecular weight is 243 g/mol. The number of nitriles is 1. The van der Waals surface area contributed by atoms with Gasteiger partial charge in [-0.3, -0.25) is 4.90 Å². The second kappa shape index (κ2) is 4.26. The first-order chi connectivity index (χ1) is 6.06. The molecule has 0 aliphatic carbocycles. The molecule has 2 nitrogen and oxygen atoms in total. The Bertz CT molecular complexity index is 244. The van der Waals surface area contributed by atoms with E-state index in [-0.39, 0.29) is 5.41 Å². The molecule has 1 aliphatic rings. The van der Waals surface area contributed by atoms with Gasteiger partial charge >= 0.3 is 0 Å². The van der Waals surface area contributed by atoms with Gasteiger partial charge in [-0.2, -0.15) is 5.26 Å². The summed E-state index contributed by atoms with van der Waals surface area (Å²) in [6.45, 7) is 8.67. The molecule has 1 saturated heterocycles. The van der Waals surface area contributed by atoms with Crippen LogP contribution < -0.4 is 0 Å². The first-order valence-corrected chi connectivity index (χ1v) is 5.32. The van der Waals surface area contributed by atoms with Crippen molar-refractivity contribution in [2.24, 2.45) is 5.41 Å². The number of hydrogen-bond donors (Lipinski definition) is 0. The molecule has 1 rings (SSSR count). The minimum atomic E-state index is -0.152. The number of piperidine rings is 1. The highest BCUT2D eigenvalue weighted by atomic mass is 79.9. The molecule has 1 unspecified atom stereocenters. The van der Waals surface area contributed by atoms with Crippen molar-refractivity contribution in [3.8, 4) is 6.07 Å². The number of rotatable bonds is 2. The Labute approximate surface area is 88.3 Å². The van der Waals surface area contributed by atoms with Crippen LogP contribution in [-0.4, -0.2) is 24.5 Å². The van der Waals surface area contributed by atoms with Gasteiger partial charge in [-0.05, 0) is 26.3 Å². The molecular weight excluding hydrogens is 228 g/mol. The highest BCUT2D eigenvalue weighted by molar-refractivity contribution is 9.11. The van der Waals surface area contributed by atoms with E-state index in [1.54, 1.807) is 0 Å². The van der Waals surface area contributed by atoms with Gasteiger partial charge in [0.05, 0.1) is 11.5 Å². The lowest BCUT2D eigenvalue weighted by Crippen LogP contribution is -2.41. The van der Waals surface area contributed by atoms with Crippen LogP contribution in [0.25, 0.3) is 0 Å². The molecule has 1 atom stereocenters. The molecule has 0 aromatic heterocycles. The fraction of sp³-hybridized carbons (Fsp3) is 0.700. The van der Waals surface area contributed by atoms with Gasteiger partial charge < -0.3 is 0 Å². The van der Waals surface area contributed by atoms with Crippen molar-refractivity contribution >= 4 is 15.9 Å². The van der Waals surface area contributed by atoms with Crippen LogP contribution in [0.2, 0.25) is 0 Å². The van der Waals surface area contributed by atoms with Gasteiger partial charge in [-0.1, -0.05) is 22.5 Å². The van der Waals surface area contributed by atoms with Crippen LogP contribution in [0.3, 0.4) is 0 Å². The van der Waals surface area contributed by atoms with Gasteiger partial charge in [-0.25, -0.2) is 0 Å². The lowest BCUT2D eigenvalue weighted by Gasteiger charge is -2.35. The Balaban J connectivity index is 2.52. The number of halogens is 1. The second-order valence-corrected chi connectivity index (χ2v) is 5.13. The van der Waals surface area contributed by atoms with Crippen LogP contribution in [0.15, 0.2) is 11.1 Å². The molecule has 3 heteroatoms. The van der Waals surface area contributed by atoms with E-state index >= 15 is 0 Å². The minimum Gasteiger partial charge on any atom is -0.297 e. The number of hydrogen-bond acceptors (Lipinski definition) is 2. The summed E-state index contributed by atoms with van der Waals surface area (Å²) in [5.74, 6) is 0. The molecule has 1 fully saturated rings. The molecule has 0 spiro atoms. The summed E-state index contributed by atoms with van der Waals surface area (Å²) in [6.07, 6.45) is 2.14. The molecule has 0 N–H and O–H groups in total. The smallest absolute Gasteiger partial charge is 0.0700 e. The van der Waals surface area contributed by atoms with Crippen molar-refractivity contribution in [2.45, 2.75) is 19.8 Å². The van der Waals surface area contributed by atoms with E-state index in [1.807, 2.05) is 6.92 Å². The summed E-state index contributed by atoms with van der Waals surface area (Å²) in [5, 5.41) is 8.99. The molecule has 1 heterocycles. The largest absolute Gasteiger partial charge is 0.297 e. The molecule has 1 aliphatic heterocycles. The average Bonchev–Trinajstić information content (AvgIpc) is 2.03. The van der Waals surface area contributed by atoms with E-state index in [0.29, 0.717) is 0 Å². The van der Waals surface area contributed by atoms with Crippen LogP contribution in [0.5, 0.6) is 0 Å². The lowest BCUT2D eigenvalue weighted by atomic mass is 9.83. The van der Waals surface area contributed by atoms with E-state index in [4.69, 9.17) is 5.26 Å². The van der Waals surface area contributed by atoms with Gasteiger partial charge in [0.1, 0.15) is 0 Å². The molecule has 0 aromatic rings. The quantitative estimate of drug-likeness (QED) is 0.745. The Hall–Kier alpha value is -0.330. The fourth-order valence-corrected chi connectivity index (χ4v) is 2.17. The Morgan fingerprint density at radius 3 is 3.00 bits per heavy atom. The van der Waals surface area contributed by atoms with Crippen LogP contribution in [0.1, 0.15) is 19.8 Å². The van der Waals surface area contributed by atoms with Crippen molar-refractivity contribution in [3.63, 3.8) is 0 Å². The topological polar surface area (TPSA) is 27.0 Å². The second-order valence-electron chi connectivity index (χ2n) is 4.00. The lowest BCUT2D eigenvalue weighted by molar-refractivity contribution is 0.156. The maximum atomic E-state index is 8.99. The summed E-state index contributed by atoms with van der Waals surface area (Å²) < 4.78 is 0.995. The third-order valence-electron chi connectivity index (χ3n) is 2.44. The Morgan fingerprint density at radius 2 is 2.46 bits per heavy atom. The Kier molecular flexibility index (Phi) is 3.52. The third-order valence-corrected chi connectivity index (χ3v) is 2.69. The summed E-state index contributed by atoms with van der Waals surface area (Å²) in [7, 11) is 0. The van der Waals surface area contributed by atoms with Crippen LogP contribution in [0, 0.1) is 16.7 Å². The zero-order valence-corrected chi connectivity index (χ0v) is 9.60. The van der Waals surface area contributed by atoms with Crippen molar-refractivity contribution in [1.82, 2.24) is 4.90 Å². The van der Waals surface area contributed by atoms with Gasteiger partial charge in [0.25, 0.3) is 0 Å². The van der Waals surface area contributed by atoms with Gasteiger partial charge in [0.2, 0.25) is 0 Å². The van der Waals surface area contributed by atoms with E-state index in [9.17, 15) is 0 Å². The molecule has 0 aromatic carbocycles. The van der Waals surface area contributed by atoms with Crippen molar-refractivity contribution in [2.75, 3.05) is 19.6 Å². The first kappa shape index (κ1) is 10.7. The molecule has 0 amide bonds. The molecule has 72 valence electrons. The molecule has 0 saturated carbocycles. The highest BCUT2D eigenvalue weighted by Gasteiger charge is 2.30. The highest BCUT2D eigenvalue weighted by Crippen LogP contribution is 2.28. The monoisotopic (exact) mass is 242 g/mol. The van der Waals surface area contributed by atoms with Crippen LogP contribution in [0.4, 0.5) is 0 Å². The zero-order valence-electron chi connectivity index (χ0n) is 8.02. The SMILES string of the molecule is C=C(Br)CN1CCCC(C)(C#N)C1. The van der Waals surface area contributed by atoms with Crippen molar-refractivity contribution in [3.05, 3.63) is 11.1 Å². The minimum absolute atomic E-state index is 0.152. The predicted molar refractivity (Wildman–Crippen MR) is 57.5 cm³/mol. The predicted octanol–water partition coefficient (Wildman–Crippen LogP) is 2.52. The summed E-state index contributed by atoms with van der Waals surface area (Å²) in [5.41, 5.74) is -0.152. The standard InChI is InChI=1S/C10H15BrN2/c1-9(11)6-13-5-3-4-10(2,7-12)8-13/h1,3-6,8H2,2H3. The molecule has 0 radical (unpaired) electrons.